The average molecular weight is 293 g/mol. The Morgan fingerprint density at radius 1 is 1.38 bits per heavy atom. The van der Waals surface area contributed by atoms with Gasteiger partial charge in [-0.1, -0.05) is 0 Å². The molecule has 0 aliphatic carbocycles. The molecule has 108 valence electrons. The molecule has 0 unspecified atom stereocenters. The van der Waals surface area contributed by atoms with E-state index in [0.29, 0.717) is 0 Å². The molecule has 1 aromatic carbocycles. The van der Waals surface area contributed by atoms with Crippen molar-refractivity contribution < 1.29 is 24.0 Å². The quantitative estimate of drug-likeness (QED) is 0.679. The molecule has 21 heavy (non-hydrogen) atoms. The van der Waals surface area contributed by atoms with E-state index in [2.05, 4.69) is 9.97 Å². The van der Waals surface area contributed by atoms with Gasteiger partial charge in [0.25, 0.3) is 0 Å². The highest BCUT2D eigenvalue weighted by molar-refractivity contribution is 5.85. The summed E-state index contributed by atoms with van der Waals surface area (Å²) in [5, 5.41) is 19.7. The van der Waals surface area contributed by atoms with Gasteiger partial charge in [0.05, 0.1) is 4.92 Å². The van der Waals surface area contributed by atoms with Crippen LogP contribution in [0.2, 0.25) is 0 Å². The van der Waals surface area contributed by atoms with Gasteiger partial charge < -0.3 is 9.84 Å². The molecule has 1 heterocycles. The molecule has 0 fully saturated rings. The number of nitro groups is 1. The largest absolute Gasteiger partial charge is 0.477 e. The predicted molar refractivity (Wildman–Crippen MR) is 66.9 cm³/mol. The number of nitrogens with zero attached hydrogens (tertiary/aromatic N) is 3. The number of benzene rings is 1. The number of hydrogen-bond acceptors (Lipinski definition) is 6. The van der Waals surface area contributed by atoms with Crippen molar-refractivity contribution in [2.24, 2.45) is 0 Å². The van der Waals surface area contributed by atoms with Crippen LogP contribution in [0.3, 0.4) is 0 Å². The van der Waals surface area contributed by atoms with Gasteiger partial charge in [-0.05, 0) is 19.1 Å². The van der Waals surface area contributed by atoms with Crippen LogP contribution in [0.25, 0.3) is 0 Å². The smallest absolute Gasteiger partial charge is 0.354 e. The molecule has 0 amide bonds. The number of hydrogen-bond donors (Lipinski definition) is 1. The summed E-state index contributed by atoms with van der Waals surface area (Å²) in [5.74, 6) is -2.47. The van der Waals surface area contributed by atoms with Gasteiger partial charge in [0.15, 0.2) is 5.69 Å². The monoisotopic (exact) mass is 293 g/mol. The first-order valence-corrected chi connectivity index (χ1v) is 5.57. The van der Waals surface area contributed by atoms with Crippen LogP contribution in [0.5, 0.6) is 11.8 Å². The van der Waals surface area contributed by atoms with E-state index < -0.39 is 34.2 Å². The van der Waals surface area contributed by atoms with E-state index in [1.165, 1.54) is 13.0 Å². The summed E-state index contributed by atoms with van der Waals surface area (Å²) in [5.41, 5.74) is -0.536. The molecular formula is C12H8FN3O5. The lowest BCUT2D eigenvalue weighted by molar-refractivity contribution is -0.385. The van der Waals surface area contributed by atoms with Crippen molar-refractivity contribution >= 4 is 11.7 Å². The van der Waals surface area contributed by atoms with Crippen LogP contribution in [0.4, 0.5) is 10.1 Å². The minimum absolute atomic E-state index is 0.288. The van der Waals surface area contributed by atoms with Crippen LogP contribution in [0.15, 0.2) is 24.3 Å². The molecule has 0 bridgehead atoms. The van der Waals surface area contributed by atoms with Gasteiger partial charge in [-0.15, -0.1) is 0 Å². The Morgan fingerprint density at radius 2 is 2.10 bits per heavy atom. The number of halogens is 1. The SMILES string of the molecule is Cc1cc(C(=O)O)nc(Oc2cc(F)ccc2[N+](=O)[O-])n1. The number of carboxylic acids is 1. The zero-order valence-electron chi connectivity index (χ0n) is 10.6. The van der Waals surface area contributed by atoms with Crippen molar-refractivity contribution in [1.29, 1.82) is 0 Å². The summed E-state index contributed by atoms with van der Waals surface area (Å²) in [6, 6.07) is 3.42. The van der Waals surface area contributed by atoms with E-state index in [0.717, 1.165) is 18.2 Å². The van der Waals surface area contributed by atoms with Crippen molar-refractivity contribution in [3.63, 3.8) is 0 Å². The summed E-state index contributed by atoms with van der Waals surface area (Å²) in [7, 11) is 0. The molecule has 0 atom stereocenters. The van der Waals surface area contributed by atoms with E-state index >= 15 is 0 Å². The minimum atomic E-state index is -1.31. The molecule has 0 aliphatic heterocycles. The van der Waals surface area contributed by atoms with Crippen molar-refractivity contribution in [3.8, 4) is 11.8 Å². The zero-order valence-corrected chi connectivity index (χ0v) is 10.6. The van der Waals surface area contributed by atoms with E-state index in [4.69, 9.17) is 9.84 Å². The molecule has 9 heteroatoms. The van der Waals surface area contributed by atoms with E-state index in [-0.39, 0.29) is 11.4 Å². The molecule has 0 saturated heterocycles. The highest BCUT2D eigenvalue weighted by Gasteiger charge is 2.19. The van der Waals surface area contributed by atoms with E-state index in [1.807, 2.05) is 0 Å². The highest BCUT2D eigenvalue weighted by atomic mass is 19.1. The number of carbonyl (C=O) groups is 1. The fourth-order valence-corrected chi connectivity index (χ4v) is 1.52. The molecular weight excluding hydrogens is 285 g/mol. The van der Waals surface area contributed by atoms with Crippen molar-refractivity contribution in [2.75, 3.05) is 0 Å². The van der Waals surface area contributed by atoms with Crippen LogP contribution < -0.4 is 4.74 Å². The lowest BCUT2D eigenvalue weighted by atomic mass is 10.3. The Kier molecular flexibility index (Phi) is 3.74. The number of aromatic carboxylic acids is 1. The number of aromatic nitrogens is 2. The van der Waals surface area contributed by atoms with Crippen molar-refractivity contribution in [3.05, 3.63) is 51.6 Å². The lowest BCUT2D eigenvalue weighted by Crippen LogP contribution is -2.05. The molecule has 0 saturated carbocycles. The van der Waals surface area contributed by atoms with Crippen LogP contribution in [-0.4, -0.2) is 26.0 Å². The first kappa shape index (κ1) is 14.3. The van der Waals surface area contributed by atoms with E-state index in [1.54, 1.807) is 0 Å². The topological polar surface area (TPSA) is 115 Å². The van der Waals surface area contributed by atoms with Gasteiger partial charge in [0, 0.05) is 17.8 Å². The maximum absolute atomic E-state index is 13.2. The van der Waals surface area contributed by atoms with Crippen LogP contribution in [-0.2, 0) is 0 Å². The normalized spacial score (nSPS) is 10.2. The second kappa shape index (κ2) is 5.49. The molecule has 0 radical (unpaired) electrons. The molecule has 1 aromatic heterocycles. The van der Waals surface area contributed by atoms with Gasteiger partial charge in [0.2, 0.25) is 5.75 Å². The second-order valence-corrected chi connectivity index (χ2v) is 3.95. The van der Waals surface area contributed by atoms with Crippen LogP contribution >= 0.6 is 0 Å². The Hall–Kier alpha value is -3.10. The summed E-state index contributed by atoms with van der Waals surface area (Å²) >= 11 is 0. The number of aryl methyl sites for hydroxylation is 1. The van der Waals surface area contributed by atoms with Crippen LogP contribution in [0, 0.1) is 22.9 Å². The molecule has 0 aliphatic rings. The highest BCUT2D eigenvalue weighted by Crippen LogP contribution is 2.30. The summed E-state index contributed by atoms with van der Waals surface area (Å²) in [4.78, 5) is 28.3. The maximum atomic E-state index is 13.2. The lowest BCUT2D eigenvalue weighted by Gasteiger charge is -2.06. The van der Waals surface area contributed by atoms with Gasteiger partial charge >= 0.3 is 17.7 Å². The third-order valence-corrected chi connectivity index (χ3v) is 2.37. The molecule has 0 spiro atoms. The molecule has 1 N–H and O–H groups in total. The Balaban J connectivity index is 2.45. The van der Waals surface area contributed by atoms with Crippen molar-refractivity contribution in [2.45, 2.75) is 6.92 Å². The Bertz CT molecular complexity index is 735. The van der Waals surface area contributed by atoms with Gasteiger partial charge in [-0.25, -0.2) is 14.2 Å². The average Bonchev–Trinajstić information content (AvgIpc) is 2.37. The van der Waals surface area contributed by atoms with Gasteiger partial charge in [0.1, 0.15) is 5.82 Å². The number of carboxylic acid groups (broad SMARTS) is 1. The molecule has 2 aromatic rings. The summed E-state index contributed by atoms with van der Waals surface area (Å²) in [6.07, 6.45) is 0. The minimum Gasteiger partial charge on any atom is -0.477 e. The summed E-state index contributed by atoms with van der Waals surface area (Å²) < 4.78 is 18.2. The van der Waals surface area contributed by atoms with Gasteiger partial charge in [-0.2, -0.15) is 4.98 Å². The van der Waals surface area contributed by atoms with Gasteiger partial charge in [-0.3, -0.25) is 10.1 Å². The van der Waals surface area contributed by atoms with Crippen LogP contribution in [0.1, 0.15) is 16.2 Å². The first-order valence-electron chi connectivity index (χ1n) is 5.57. The fraction of sp³-hybridized carbons (Fsp3) is 0.0833. The number of ether oxygens (including phenoxy) is 1. The Labute approximate surface area is 117 Å². The van der Waals surface area contributed by atoms with E-state index in [9.17, 15) is 19.3 Å². The van der Waals surface area contributed by atoms with Crippen molar-refractivity contribution in [1.82, 2.24) is 9.97 Å². The fourth-order valence-electron chi connectivity index (χ4n) is 1.52. The summed E-state index contributed by atoms with van der Waals surface area (Å²) in [6.45, 7) is 1.50. The molecule has 8 nitrogen and oxygen atoms in total. The Morgan fingerprint density at radius 3 is 2.71 bits per heavy atom. The third kappa shape index (κ3) is 3.26. The third-order valence-electron chi connectivity index (χ3n) is 2.37. The second-order valence-electron chi connectivity index (χ2n) is 3.95. The maximum Gasteiger partial charge on any atom is 0.354 e. The number of rotatable bonds is 4. The predicted octanol–water partition coefficient (Wildman–Crippen LogP) is 2.32. The number of nitro benzene ring substituents is 1. The standard InChI is InChI=1S/C12H8FN3O5/c1-6-4-8(11(17)18)15-12(14-6)21-10-5-7(13)2-3-9(10)16(19)20/h2-5H,1H3,(H,17,18). The molecule has 2 rings (SSSR count). The zero-order chi connectivity index (χ0) is 15.6. The first-order chi connectivity index (χ1) is 9.86.